The number of hydrogen-bond donors (Lipinski definition) is 1. The number of aromatic nitrogens is 1. The minimum atomic E-state index is 0.134. The lowest BCUT2D eigenvalue weighted by molar-refractivity contribution is -0.123. The Kier molecular flexibility index (Phi) is 5.28. The molecule has 0 aromatic carbocycles. The summed E-state index contributed by atoms with van der Waals surface area (Å²) in [5.74, 6) is 0.974. The molecular formula is C19H26N4O. The van der Waals surface area contributed by atoms with Gasteiger partial charge in [0.15, 0.2) is 0 Å². The van der Waals surface area contributed by atoms with Crippen molar-refractivity contribution in [3.63, 3.8) is 0 Å². The zero-order valence-electron chi connectivity index (χ0n) is 14.3. The number of nitrogens with two attached hydrogens (primary N) is 1. The molecule has 0 aliphatic heterocycles. The SMILES string of the molecule is CN(C(=O)C1CCCCC1)c1cc(C(C=NC2CC2)=CN)ccn1. The van der Waals surface area contributed by atoms with Gasteiger partial charge in [-0.3, -0.25) is 14.7 Å². The zero-order chi connectivity index (χ0) is 16.9. The molecule has 2 saturated carbocycles. The first kappa shape index (κ1) is 16.7. The van der Waals surface area contributed by atoms with Crippen molar-refractivity contribution in [3.05, 3.63) is 30.1 Å². The van der Waals surface area contributed by atoms with E-state index in [1.807, 2.05) is 25.4 Å². The molecule has 2 aliphatic rings. The molecule has 0 spiro atoms. The molecule has 3 rings (SSSR count). The number of pyridine rings is 1. The second-order valence-electron chi connectivity index (χ2n) is 6.77. The van der Waals surface area contributed by atoms with E-state index in [-0.39, 0.29) is 11.8 Å². The van der Waals surface area contributed by atoms with Gasteiger partial charge in [-0.25, -0.2) is 4.98 Å². The highest BCUT2D eigenvalue weighted by Gasteiger charge is 2.25. The summed E-state index contributed by atoms with van der Waals surface area (Å²) in [5, 5.41) is 0. The van der Waals surface area contributed by atoms with Crippen LogP contribution < -0.4 is 10.6 Å². The summed E-state index contributed by atoms with van der Waals surface area (Å²) in [5.41, 5.74) is 7.56. The number of rotatable bonds is 5. The number of carbonyl (C=O) groups excluding carboxylic acids is 1. The lowest BCUT2D eigenvalue weighted by Gasteiger charge is -2.26. The second kappa shape index (κ2) is 7.60. The van der Waals surface area contributed by atoms with Crippen molar-refractivity contribution in [2.75, 3.05) is 11.9 Å². The molecular weight excluding hydrogens is 300 g/mol. The maximum Gasteiger partial charge on any atom is 0.230 e. The predicted molar refractivity (Wildman–Crippen MR) is 97.9 cm³/mol. The van der Waals surface area contributed by atoms with Gasteiger partial charge in [0.2, 0.25) is 5.91 Å². The molecule has 24 heavy (non-hydrogen) atoms. The minimum absolute atomic E-state index is 0.134. The monoisotopic (exact) mass is 326 g/mol. The van der Waals surface area contributed by atoms with Crippen molar-refractivity contribution in [2.24, 2.45) is 16.6 Å². The van der Waals surface area contributed by atoms with Crippen LogP contribution in [-0.2, 0) is 4.79 Å². The van der Waals surface area contributed by atoms with Crippen molar-refractivity contribution >= 4 is 23.5 Å². The highest BCUT2D eigenvalue weighted by atomic mass is 16.2. The van der Waals surface area contributed by atoms with E-state index in [0.29, 0.717) is 11.9 Å². The lowest BCUT2D eigenvalue weighted by atomic mass is 9.88. The predicted octanol–water partition coefficient (Wildman–Crippen LogP) is 3.16. The first-order valence-electron chi connectivity index (χ1n) is 8.88. The molecule has 1 aromatic rings. The van der Waals surface area contributed by atoms with E-state index in [1.165, 1.54) is 6.42 Å². The fourth-order valence-electron chi connectivity index (χ4n) is 3.14. The van der Waals surface area contributed by atoms with Gasteiger partial charge in [0.05, 0.1) is 6.04 Å². The molecule has 1 amide bonds. The quantitative estimate of drug-likeness (QED) is 0.845. The Morgan fingerprint density at radius 3 is 2.71 bits per heavy atom. The van der Waals surface area contributed by atoms with E-state index in [9.17, 15) is 4.79 Å². The maximum absolute atomic E-state index is 12.7. The van der Waals surface area contributed by atoms with Gasteiger partial charge in [0, 0.05) is 37.2 Å². The standard InChI is InChI=1S/C19H26N4O/c1-23(19(24)14-5-3-2-4-6-14)18-11-15(9-10-21-18)16(12-20)13-22-17-7-8-17/h9-14,17H,2-8,20H2,1H3. The number of hydrogen-bond acceptors (Lipinski definition) is 4. The summed E-state index contributed by atoms with van der Waals surface area (Å²) in [6.07, 6.45) is 13.0. The number of anilines is 1. The van der Waals surface area contributed by atoms with Crippen LogP contribution in [-0.4, -0.2) is 30.2 Å². The number of allylic oxidation sites excluding steroid dienone is 1. The van der Waals surface area contributed by atoms with Gasteiger partial charge >= 0.3 is 0 Å². The largest absolute Gasteiger partial charge is 0.404 e. The Balaban J connectivity index is 1.74. The van der Waals surface area contributed by atoms with E-state index >= 15 is 0 Å². The molecule has 0 bridgehead atoms. The normalized spacial score (nSPS) is 19.6. The van der Waals surface area contributed by atoms with E-state index in [1.54, 1.807) is 17.3 Å². The van der Waals surface area contributed by atoms with Crippen molar-refractivity contribution < 1.29 is 4.79 Å². The third-order valence-corrected chi connectivity index (χ3v) is 4.86. The van der Waals surface area contributed by atoms with Crippen LogP contribution in [0.2, 0.25) is 0 Å². The molecule has 2 N–H and O–H groups in total. The third kappa shape index (κ3) is 4.02. The van der Waals surface area contributed by atoms with E-state index in [2.05, 4.69) is 9.98 Å². The van der Waals surface area contributed by atoms with Crippen molar-refractivity contribution in [2.45, 2.75) is 51.0 Å². The average Bonchev–Trinajstić information content (AvgIpc) is 3.46. The van der Waals surface area contributed by atoms with Gasteiger partial charge in [0.25, 0.3) is 0 Å². The van der Waals surface area contributed by atoms with Gasteiger partial charge in [-0.1, -0.05) is 19.3 Å². The van der Waals surface area contributed by atoms with Crippen LogP contribution in [0.25, 0.3) is 5.57 Å². The molecule has 1 heterocycles. The first-order valence-corrected chi connectivity index (χ1v) is 8.88. The number of nitrogens with zero attached hydrogens (tertiary/aromatic N) is 3. The van der Waals surface area contributed by atoms with Crippen LogP contribution in [0.3, 0.4) is 0 Å². The van der Waals surface area contributed by atoms with Crippen molar-refractivity contribution in [3.8, 4) is 0 Å². The molecule has 2 fully saturated rings. The Labute approximate surface area is 143 Å². The Morgan fingerprint density at radius 2 is 2.04 bits per heavy atom. The van der Waals surface area contributed by atoms with E-state index in [0.717, 1.165) is 49.7 Å². The molecule has 128 valence electrons. The molecule has 0 radical (unpaired) electrons. The van der Waals surface area contributed by atoms with Crippen LogP contribution in [0.5, 0.6) is 0 Å². The molecule has 5 nitrogen and oxygen atoms in total. The zero-order valence-corrected chi connectivity index (χ0v) is 14.3. The van der Waals surface area contributed by atoms with Crippen LogP contribution in [0, 0.1) is 5.92 Å². The van der Waals surface area contributed by atoms with Crippen molar-refractivity contribution in [1.82, 2.24) is 4.98 Å². The fraction of sp³-hybridized carbons (Fsp3) is 0.526. The average molecular weight is 326 g/mol. The topological polar surface area (TPSA) is 71.6 Å². The van der Waals surface area contributed by atoms with E-state index < -0.39 is 0 Å². The minimum Gasteiger partial charge on any atom is -0.404 e. The Morgan fingerprint density at radius 1 is 1.29 bits per heavy atom. The lowest BCUT2D eigenvalue weighted by Crippen LogP contribution is -2.34. The number of carbonyl (C=O) groups is 1. The van der Waals surface area contributed by atoms with Crippen LogP contribution >= 0.6 is 0 Å². The summed E-state index contributed by atoms with van der Waals surface area (Å²) >= 11 is 0. The second-order valence-corrected chi connectivity index (χ2v) is 6.77. The van der Waals surface area contributed by atoms with E-state index in [4.69, 9.17) is 5.73 Å². The Hall–Kier alpha value is -2.17. The van der Waals surface area contributed by atoms with Gasteiger partial charge < -0.3 is 5.73 Å². The summed E-state index contributed by atoms with van der Waals surface area (Å²) in [6, 6.07) is 4.27. The van der Waals surface area contributed by atoms with Gasteiger partial charge in [-0.2, -0.15) is 0 Å². The van der Waals surface area contributed by atoms with Gasteiger partial charge in [-0.05, 0) is 43.4 Å². The third-order valence-electron chi connectivity index (χ3n) is 4.86. The van der Waals surface area contributed by atoms with Crippen LogP contribution in [0.4, 0.5) is 5.82 Å². The Bertz CT molecular complexity index is 643. The summed E-state index contributed by atoms with van der Waals surface area (Å²) in [7, 11) is 1.81. The molecule has 1 aromatic heterocycles. The number of amides is 1. The molecule has 5 heteroatoms. The highest BCUT2D eigenvalue weighted by Crippen LogP contribution is 2.27. The van der Waals surface area contributed by atoms with Crippen molar-refractivity contribution in [1.29, 1.82) is 0 Å². The molecule has 2 aliphatic carbocycles. The summed E-state index contributed by atoms with van der Waals surface area (Å²) in [4.78, 5) is 23.2. The summed E-state index contributed by atoms with van der Waals surface area (Å²) < 4.78 is 0. The molecule has 0 unspecified atom stereocenters. The smallest absolute Gasteiger partial charge is 0.230 e. The maximum atomic E-state index is 12.7. The first-order chi connectivity index (χ1) is 11.7. The highest BCUT2D eigenvalue weighted by molar-refractivity contribution is 6.10. The van der Waals surface area contributed by atoms with Gasteiger partial charge in [-0.15, -0.1) is 0 Å². The van der Waals surface area contributed by atoms with Crippen LogP contribution in [0.1, 0.15) is 50.5 Å². The molecule has 0 saturated heterocycles. The fourth-order valence-corrected chi connectivity index (χ4v) is 3.14. The van der Waals surface area contributed by atoms with Crippen LogP contribution in [0.15, 0.2) is 29.5 Å². The van der Waals surface area contributed by atoms with Gasteiger partial charge in [0.1, 0.15) is 5.82 Å². The summed E-state index contributed by atoms with van der Waals surface area (Å²) in [6.45, 7) is 0. The molecule has 0 atom stereocenters. The number of aliphatic imine (C=N–C) groups is 1.